The maximum Gasteiger partial charge on any atom is 0.254 e. The number of ether oxygens (including phenoxy) is 1. The van der Waals surface area contributed by atoms with Gasteiger partial charge in [0.15, 0.2) is 0 Å². The SMILES string of the molecule is CCC(C)(C)[C@@H]1CCc2c(sc(NC(=O)[C@@H]3CCCO3)c2C#N)C1. The van der Waals surface area contributed by atoms with Crippen LogP contribution in [0, 0.1) is 22.7 Å². The molecule has 24 heavy (non-hydrogen) atoms. The van der Waals surface area contributed by atoms with Gasteiger partial charge < -0.3 is 10.1 Å². The number of carbonyl (C=O) groups excluding carboxylic acids is 1. The van der Waals surface area contributed by atoms with E-state index in [4.69, 9.17) is 4.74 Å². The van der Waals surface area contributed by atoms with E-state index in [1.165, 1.54) is 4.88 Å². The van der Waals surface area contributed by atoms with Crippen LogP contribution < -0.4 is 5.32 Å². The number of hydrogen-bond donors (Lipinski definition) is 1. The summed E-state index contributed by atoms with van der Waals surface area (Å²) in [7, 11) is 0. The summed E-state index contributed by atoms with van der Waals surface area (Å²) in [5.41, 5.74) is 2.15. The highest BCUT2D eigenvalue weighted by Crippen LogP contribution is 2.45. The summed E-state index contributed by atoms with van der Waals surface area (Å²) in [6.07, 6.45) is 5.58. The van der Waals surface area contributed by atoms with Gasteiger partial charge in [-0.1, -0.05) is 27.2 Å². The Morgan fingerprint density at radius 3 is 2.88 bits per heavy atom. The van der Waals surface area contributed by atoms with E-state index in [-0.39, 0.29) is 12.0 Å². The Hall–Kier alpha value is -1.38. The normalized spacial score (nSPS) is 23.6. The van der Waals surface area contributed by atoms with Crippen molar-refractivity contribution >= 4 is 22.2 Å². The predicted molar refractivity (Wildman–Crippen MR) is 96.2 cm³/mol. The van der Waals surface area contributed by atoms with Gasteiger partial charge in [-0.25, -0.2) is 0 Å². The van der Waals surface area contributed by atoms with Gasteiger partial charge >= 0.3 is 0 Å². The van der Waals surface area contributed by atoms with Crippen molar-refractivity contribution in [1.82, 2.24) is 0 Å². The number of nitrogens with zero attached hydrogens (tertiary/aromatic N) is 1. The molecule has 130 valence electrons. The van der Waals surface area contributed by atoms with Crippen LogP contribution in [0.15, 0.2) is 0 Å². The van der Waals surface area contributed by atoms with Crippen molar-refractivity contribution in [2.24, 2.45) is 11.3 Å². The first kappa shape index (κ1) is 17.4. The van der Waals surface area contributed by atoms with Gasteiger partial charge in [-0.2, -0.15) is 5.26 Å². The van der Waals surface area contributed by atoms with Crippen LogP contribution in [0.1, 0.15) is 62.5 Å². The molecule has 0 unspecified atom stereocenters. The van der Waals surface area contributed by atoms with Gasteiger partial charge in [0, 0.05) is 11.5 Å². The molecule has 2 heterocycles. The fourth-order valence-electron chi connectivity index (χ4n) is 3.72. The number of thiophene rings is 1. The Bertz CT molecular complexity index is 666. The molecule has 5 heteroatoms. The monoisotopic (exact) mass is 346 g/mol. The smallest absolute Gasteiger partial charge is 0.254 e. The van der Waals surface area contributed by atoms with Crippen molar-refractivity contribution in [1.29, 1.82) is 5.26 Å². The van der Waals surface area contributed by atoms with Crippen molar-refractivity contribution in [2.75, 3.05) is 11.9 Å². The zero-order valence-corrected chi connectivity index (χ0v) is 15.6. The average Bonchev–Trinajstić information content (AvgIpc) is 3.21. The second kappa shape index (κ2) is 6.85. The molecular weight excluding hydrogens is 320 g/mol. The lowest BCUT2D eigenvalue weighted by Crippen LogP contribution is -2.28. The van der Waals surface area contributed by atoms with Crippen LogP contribution in [0.25, 0.3) is 0 Å². The Labute approximate surface area is 148 Å². The minimum Gasteiger partial charge on any atom is -0.368 e. The maximum atomic E-state index is 12.3. The van der Waals surface area contributed by atoms with E-state index in [9.17, 15) is 10.1 Å². The molecule has 3 rings (SSSR count). The molecule has 1 amide bonds. The maximum absolute atomic E-state index is 12.3. The summed E-state index contributed by atoms with van der Waals surface area (Å²) in [4.78, 5) is 13.6. The van der Waals surface area contributed by atoms with Crippen molar-refractivity contribution < 1.29 is 9.53 Å². The third-order valence-electron chi connectivity index (χ3n) is 5.85. The summed E-state index contributed by atoms with van der Waals surface area (Å²) in [5.74, 6) is 0.537. The Morgan fingerprint density at radius 1 is 1.46 bits per heavy atom. The number of hydrogen-bond acceptors (Lipinski definition) is 4. The summed E-state index contributed by atoms with van der Waals surface area (Å²) in [6, 6.07) is 2.32. The van der Waals surface area contributed by atoms with Crippen LogP contribution in [0.3, 0.4) is 0 Å². The number of amides is 1. The number of carbonyl (C=O) groups is 1. The molecule has 0 spiro atoms. The average molecular weight is 346 g/mol. The molecule has 1 N–H and O–H groups in total. The third kappa shape index (κ3) is 3.22. The summed E-state index contributed by atoms with van der Waals surface area (Å²) >= 11 is 1.59. The van der Waals surface area contributed by atoms with Crippen molar-refractivity contribution in [3.05, 3.63) is 16.0 Å². The third-order valence-corrected chi connectivity index (χ3v) is 7.02. The van der Waals surface area contributed by atoms with E-state index < -0.39 is 0 Å². The molecule has 2 atom stereocenters. The number of nitriles is 1. The van der Waals surface area contributed by atoms with Crippen LogP contribution >= 0.6 is 11.3 Å². The molecule has 2 aliphatic rings. The van der Waals surface area contributed by atoms with Crippen LogP contribution in [-0.2, 0) is 22.4 Å². The van der Waals surface area contributed by atoms with E-state index in [0.29, 0.717) is 23.5 Å². The van der Waals surface area contributed by atoms with Crippen LogP contribution in [0.5, 0.6) is 0 Å². The molecule has 0 radical (unpaired) electrons. The summed E-state index contributed by atoms with van der Waals surface area (Å²) in [6.45, 7) is 7.57. The van der Waals surface area contributed by atoms with E-state index in [1.54, 1.807) is 11.3 Å². The number of fused-ring (bicyclic) bond motifs is 1. The van der Waals surface area contributed by atoms with E-state index in [2.05, 4.69) is 32.2 Å². The predicted octanol–water partition coefficient (Wildman–Crippen LogP) is 4.28. The molecular formula is C19H26N2O2S. The zero-order chi connectivity index (χ0) is 17.3. The highest BCUT2D eigenvalue weighted by atomic mass is 32.1. The molecule has 1 fully saturated rings. The second-order valence-corrected chi connectivity index (χ2v) is 8.70. The molecule has 0 aromatic carbocycles. The quantitative estimate of drug-likeness (QED) is 0.885. The van der Waals surface area contributed by atoms with E-state index in [0.717, 1.165) is 49.1 Å². The highest BCUT2D eigenvalue weighted by molar-refractivity contribution is 7.16. The van der Waals surface area contributed by atoms with Gasteiger partial charge in [-0.05, 0) is 49.0 Å². The minimum absolute atomic E-state index is 0.104. The zero-order valence-electron chi connectivity index (χ0n) is 14.8. The first-order chi connectivity index (χ1) is 11.5. The standard InChI is InChI=1S/C19H26N2O2S/c1-4-19(2,3)12-7-8-13-14(11-20)18(24-16(13)10-12)21-17(22)15-6-5-9-23-15/h12,15H,4-10H2,1-3H3,(H,21,22)/t12-,15+/m1/s1. The van der Waals surface area contributed by atoms with Gasteiger partial charge in [-0.3, -0.25) is 4.79 Å². The van der Waals surface area contributed by atoms with Crippen molar-refractivity contribution in [3.8, 4) is 6.07 Å². The van der Waals surface area contributed by atoms with Crippen molar-refractivity contribution in [2.45, 2.75) is 65.4 Å². The van der Waals surface area contributed by atoms with Crippen LogP contribution in [0.4, 0.5) is 5.00 Å². The first-order valence-electron chi connectivity index (χ1n) is 8.93. The molecule has 1 aliphatic heterocycles. The largest absolute Gasteiger partial charge is 0.368 e. The molecule has 1 aliphatic carbocycles. The van der Waals surface area contributed by atoms with E-state index >= 15 is 0 Å². The number of rotatable bonds is 4. The van der Waals surface area contributed by atoms with Crippen LogP contribution in [0.2, 0.25) is 0 Å². The Kier molecular flexibility index (Phi) is 4.98. The number of nitrogens with one attached hydrogen (secondary N) is 1. The van der Waals surface area contributed by atoms with Crippen molar-refractivity contribution in [3.63, 3.8) is 0 Å². The van der Waals surface area contributed by atoms with Gasteiger partial charge in [0.25, 0.3) is 5.91 Å². The first-order valence-corrected chi connectivity index (χ1v) is 9.75. The molecule has 0 bridgehead atoms. The summed E-state index contributed by atoms with van der Waals surface area (Å²) < 4.78 is 5.45. The fourth-order valence-corrected chi connectivity index (χ4v) is 5.01. The van der Waals surface area contributed by atoms with Gasteiger partial charge in [0.1, 0.15) is 17.2 Å². The highest BCUT2D eigenvalue weighted by Gasteiger charge is 2.34. The molecule has 0 saturated carbocycles. The fraction of sp³-hybridized carbons (Fsp3) is 0.684. The van der Waals surface area contributed by atoms with Crippen LogP contribution in [-0.4, -0.2) is 18.6 Å². The summed E-state index contributed by atoms with van der Waals surface area (Å²) in [5, 5.41) is 13.3. The van der Waals surface area contributed by atoms with Gasteiger partial charge in [-0.15, -0.1) is 11.3 Å². The molecule has 1 aromatic heterocycles. The van der Waals surface area contributed by atoms with Gasteiger partial charge in [0.05, 0.1) is 5.56 Å². The topological polar surface area (TPSA) is 62.1 Å². The molecule has 4 nitrogen and oxygen atoms in total. The lowest BCUT2D eigenvalue weighted by molar-refractivity contribution is -0.124. The Morgan fingerprint density at radius 2 is 2.25 bits per heavy atom. The number of anilines is 1. The second-order valence-electron chi connectivity index (χ2n) is 7.59. The lowest BCUT2D eigenvalue weighted by atomic mass is 9.69. The van der Waals surface area contributed by atoms with Gasteiger partial charge in [0.2, 0.25) is 0 Å². The minimum atomic E-state index is -0.359. The Balaban J connectivity index is 1.81. The molecule has 1 aromatic rings. The molecule has 1 saturated heterocycles. The van der Waals surface area contributed by atoms with E-state index in [1.807, 2.05) is 0 Å². The lowest BCUT2D eigenvalue weighted by Gasteiger charge is -2.36.